The van der Waals surface area contributed by atoms with Gasteiger partial charge >= 0.3 is 0 Å². The molecule has 0 atom stereocenters. The first-order chi connectivity index (χ1) is 11.4. The van der Waals surface area contributed by atoms with Crippen molar-refractivity contribution in [3.05, 3.63) is 59.7 Å². The average molecular weight is 364 g/mol. The Morgan fingerprint density at radius 2 is 1.79 bits per heavy atom. The lowest BCUT2D eigenvalue weighted by atomic mass is 10.1. The molecule has 0 fully saturated rings. The third kappa shape index (κ3) is 5.67. The van der Waals surface area contributed by atoms with E-state index in [0.29, 0.717) is 18.7 Å². The maximum atomic E-state index is 11.9. The Morgan fingerprint density at radius 3 is 2.42 bits per heavy atom. The van der Waals surface area contributed by atoms with Crippen LogP contribution in [-0.2, 0) is 21.2 Å². The molecule has 0 radical (unpaired) electrons. The van der Waals surface area contributed by atoms with Crippen molar-refractivity contribution in [1.29, 1.82) is 0 Å². The summed E-state index contributed by atoms with van der Waals surface area (Å²) in [5, 5.41) is 7.91. The standard InChI is InChI=1S/C17H20N2O3S2/c1-13-4-2-3-5-16(13)23-12-17(20)19-11-10-14-6-8-15(9-7-14)24(18,21)22/h2-9H,10-12H2,1H3,(H,19,20)(H2,18,21,22). The van der Waals surface area contributed by atoms with Crippen molar-refractivity contribution in [3.63, 3.8) is 0 Å². The zero-order valence-electron chi connectivity index (χ0n) is 13.4. The number of nitrogens with two attached hydrogens (primary N) is 1. The van der Waals surface area contributed by atoms with E-state index < -0.39 is 10.0 Å². The second-order valence-corrected chi connectivity index (χ2v) is 7.92. The van der Waals surface area contributed by atoms with Crippen LogP contribution in [-0.4, -0.2) is 26.6 Å². The number of thioether (sulfide) groups is 1. The topological polar surface area (TPSA) is 89.3 Å². The summed E-state index contributed by atoms with van der Waals surface area (Å²) in [4.78, 5) is 13.1. The zero-order valence-corrected chi connectivity index (χ0v) is 15.0. The van der Waals surface area contributed by atoms with Crippen LogP contribution in [0.15, 0.2) is 58.3 Å². The molecule has 0 unspecified atom stereocenters. The van der Waals surface area contributed by atoms with Crippen molar-refractivity contribution in [3.8, 4) is 0 Å². The van der Waals surface area contributed by atoms with Crippen molar-refractivity contribution in [2.75, 3.05) is 12.3 Å². The van der Waals surface area contributed by atoms with E-state index in [9.17, 15) is 13.2 Å². The van der Waals surface area contributed by atoms with Crippen LogP contribution in [0, 0.1) is 6.92 Å². The molecule has 5 nitrogen and oxygen atoms in total. The van der Waals surface area contributed by atoms with Crippen LogP contribution in [0.4, 0.5) is 0 Å². The smallest absolute Gasteiger partial charge is 0.238 e. The van der Waals surface area contributed by atoms with Gasteiger partial charge in [-0.05, 0) is 42.7 Å². The highest BCUT2D eigenvalue weighted by Gasteiger charge is 2.07. The predicted octanol–water partition coefficient (Wildman–Crippen LogP) is 2.09. The van der Waals surface area contributed by atoms with E-state index in [-0.39, 0.29) is 10.8 Å². The van der Waals surface area contributed by atoms with Gasteiger partial charge in [0.25, 0.3) is 0 Å². The van der Waals surface area contributed by atoms with Crippen LogP contribution in [0.1, 0.15) is 11.1 Å². The maximum absolute atomic E-state index is 11.9. The van der Waals surface area contributed by atoms with Gasteiger partial charge in [0, 0.05) is 11.4 Å². The Hall–Kier alpha value is -1.83. The predicted molar refractivity (Wildman–Crippen MR) is 96.4 cm³/mol. The minimum Gasteiger partial charge on any atom is -0.355 e. The molecular formula is C17H20N2O3S2. The number of primary sulfonamides is 1. The summed E-state index contributed by atoms with van der Waals surface area (Å²) >= 11 is 1.51. The van der Waals surface area contributed by atoms with Crippen molar-refractivity contribution in [2.45, 2.75) is 23.1 Å². The van der Waals surface area contributed by atoms with Gasteiger partial charge in [0.05, 0.1) is 10.6 Å². The number of nitrogens with one attached hydrogen (secondary N) is 1. The molecule has 0 bridgehead atoms. The normalized spacial score (nSPS) is 11.2. The number of aryl methyl sites for hydroxylation is 1. The molecule has 24 heavy (non-hydrogen) atoms. The van der Waals surface area contributed by atoms with Gasteiger partial charge in [-0.15, -0.1) is 11.8 Å². The van der Waals surface area contributed by atoms with Gasteiger partial charge in [-0.1, -0.05) is 30.3 Å². The van der Waals surface area contributed by atoms with Crippen LogP contribution < -0.4 is 10.5 Å². The summed E-state index contributed by atoms with van der Waals surface area (Å²) in [7, 11) is -3.66. The molecule has 2 rings (SSSR count). The number of carbonyl (C=O) groups is 1. The lowest BCUT2D eigenvalue weighted by Gasteiger charge is -2.07. The highest BCUT2D eigenvalue weighted by molar-refractivity contribution is 8.00. The molecule has 0 aliphatic rings. The number of carbonyl (C=O) groups excluding carboxylic acids is 1. The number of hydrogen-bond acceptors (Lipinski definition) is 4. The van der Waals surface area contributed by atoms with E-state index in [2.05, 4.69) is 5.32 Å². The van der Waals surface area contributed by atoms with E-state index in [1.54, 1.807) is 12.1 Å². The van der Waals surface area contributed by atoms with E-state index in [4.69, 9.17) is 5.14 Å². The average Bonchev–Trinajstić information content (AvgIpc) is 2.54. The van der Waals surface area contributed by atoms with Gasteiger partial charge in [0.2, 0.25) is 15.9 Å². The molecule has 0 aromatic heterocycles. The molecule has 0 saturated carbocycles. The molecule has 0 heterocycles. The fourth-order valence-corrected chi connectivity index (χ4v) is 3.48. The minimum atomic E-state index is -3.66. The third-order valence-corrected chi connectivity index (χ3v) is 5.54. The minimum absolute atomic E-state index is 0.0237. The largest absolute Gasteiger partial charge is 0.355 e. The first-order valence-electron chi connectivity index (χ1n) is 7.43. The summed E-state index contributed by atoms with van der Waals surface area (Å²) < 4.78 is 22.4. The fourth-order valence-electron chi connectivity index (χ4n) is 2.10. The number of rotatable bonds is 7. The van der Waals surface area contributed by atoms with Gasteiger partial charge in [-0.2, -0.15) is 0 Å². The molecule has 128 valence electrons. The summed E-state index contributed by atoms with van der Waals surface area (Å²) in [6.45, 7) is 2.52. The zero-order chi connectivity index (χ0) is 17.6. The number of sulfonamides is 1. The van der Waals surface area contributed by atoms with Crippen molar-refractivity contribution in [2.24, 2.45) is 5.14 Å². The molecule has 0 saturated heterocycles. The first kappa shape index (κ1) is 18.5. The van der Waals surface area contributed by atoms with Crippen LogP contribution in [0.2, 0.25) is 0 Å². The lowest BCUT2D eigenvalue weighted by molar-refractivity contribution is -0.118. The monoisotopic (exact) mass is 364 g/mol. The quantitative estimate of drug-likeness (QED) is 0.736. The molecule has 2 aromatic rings. The molecule has 1 amide bonds. The summed E-state index contributed by atoms with van der Waals surface area (Å²) in [5.41, 5.74) is 2.10. The van der Waals surface area contributed by atoms with E-state index in [1.165, 1.54) is 23.9 Å². The van der Waals surface area contributed by atoms with Crippen molar-refractivity contribution in [1.82, 2.24) is 5.32 Å². The summed E-state index contributed by atoms with van der Waals surface area (Å²) in [6, 6.07) is 14.3. The van der Waals surface area contributed by atoms with Crippen molar-refractivity contribution < 1.29 is 13.2 Å². The molecular weight excluding hydrogens is 344 g/mol. The highest BCUT2D eigenvalue weighted by Crippen LogP contribution is 2.21. The van der Waals surface area contributed by atoms with E-state index >= 15 is 0 Å². The SMILES string of the molecule is Cc1ccccc1SCC(=O)NCCc1ccc(S(N)(=O)=O)cc1. The number of benzene rings is 2. The van der Waals surface area contributed by atoms with Crippen LogP contribution in [0.5, 0.6) is 0 Å². The van der Waals surface area contributed by atoms with Gasteiger partial charge < -0.3 is 5.32 Å². The highest BCUT2D eigenvalue weighted by atomic mass is 32.2. The number of amides is 1. The Balaban J connectivity index is 1.75. The van der Waals surface area contributed by atoms with E-state index in [1.807, 2.05) is 31.2 Å². The molecule has 0 aliphatic carbocycles. The fraction of sp³-hybridized carbons (Fsp3) is 0.235. The van der Waals surface area contributed by atoms with Gasteiger partial charge in [-0.3, -0.25) is 4.79 Å². The summed E-state index contributed by atoms with van der Waals surface area (Å²) in [5.74, 6) is 0.347. The Labute approximate surface area is 146 Å². The van der Waals surface area contributed by atoms with Gasteiger partial charge in [-0.25, -0.2) is 13.6 Å². The molecule has 2 aromatic carbocycles. The Kier molecular flexibility index (Phi) is 6.42. The number of hydrogen-bond donors (Lipinski definition) is 2. The third-order valence-electron chi connectivity index (χ3n) is 3.44. The molecule has 3 N–H and O–H groups in total. The second kappa shape index (κ2) is 8.32. The van der Waals surface area contributed by atoms with Crippen LogP contribution >= 0.6 is 11.8 Å². The van der Waals surface area contributed by atoms with Gasteiger partial charge in [0.1, 0.15) is 0 Å². The lowest BCUT2D eigenvalue weighted by Crippen LogP contribution is -2.27. The van der Waals surface area contributed by atoms with Crippen molar-refractivity contribution >= 4 is 27.7 Å². The van der Waals surface area contributed by atoms with Gasteiger partial charge in [0.15, 0.2) is 0 Å². The molecule has 7 heteroatoms. The van der Waals surface area contributed by atoms with Crippen LogP contribution in [0.25, 0.3) is 0 Å². The summed E-state index contributed by atoms with van der Waals surface area (Å²) in [6.07, 6.45) is 0.631. The van der Waals surface area contributed by atoms with E-state index in [0.717, 1.165) is 16.0 Å². The molecule has 0 spiro atoms. The maximum Gasteiger partial charge on any atom is 0.238 e. The second-order valence-electron chi connectivity index (χ2n) is 5.34. The Morgan fingerprint density at radius 1 is 1.12 bits per heavy atom. The Bertz CT molecular complexity index is 803. The first-order valence-corrected chi connectivity index (χ1v) is 9.96. The molecule has 0 aliphatic heterocycles. The van der Waals surface area contributed by atoms with Crippen LogP contribution in [0.3, 0.4) is 0 Å².